The number of carboxylic acids is 1. The van der Waals surface area contributed by atoms with Crippen molar-refractivity contribution in [1.82, 2.24) is 15.5 Å². The smallest absolute Gasteiger partial charge is 0.328 e. The van der Waals surface area contributed by atoms with Gasteiger partial charge in [0.05, 0.1) is 0 Å². The molecule has 112 valence electrons. The lowest BCUT2D eigenvalue weighted by Gasteiger charge is -2.34. The second kappa shape index (κ2) is 6.21. The highest BCUT2D eigenvalue weighted by Crippen LogP contribution is 2.11. The molecule has 0 aliphatic carbocycles. The third kappa shape index (κ3) is 3.47. The van der Waals surface area contributed by atoms with Crippen LogP contribution in [-0.2, 0) is 20.4 Å². The molecule has 20 heavy (non-hydrogen) atoms. The maximum atomic E-state index is 12.1. The van der Waals surface area contributed by atoms with Crippen LogP contribution in [0.25, 0.3) is 0 Å². The number of urea groups is 1. The highest BCUT2D eigenvalue weighted by molar-refractivity contribution is 7.85. The maximum absolute atomic E-state index is 12.1. The van der Waals surface area contributed by atoms with Gasteiger partial charge in [-0.3, -0.25) is 13.9 Å². The molecule has 0 aromatic carbocycles. The van der Waals surface area contributed by atoms with E-state index in [4.69, 9.17) is 5.11 Å². The standard InChI is InChI=1S/C11H17N3O5S/c15-9-6-14(8(5-12-9)10(16)17)11(18)13-7-1-3-20(19)4-2-7/h7-8H,1-6H2,(H,12,15)(H,13,18)(H,16,17). The largest absolute Gasteiger partial charge is 0.480 e. The van der Waals surface area contributed by atoms with Gasteiger partial charge in [0.15, 0.2) is 0 Å². The van der Waals surface area contributed by atoms with Crippen LogP contribution < -0.4 is 10.6 Å². The van der Waals surface area contributed by atoms with E-state index in [1.165, 1.54) is 0 Å². The van der Waals surface area contributed by atoms with E-state index >= 15 is 0 Å². The number of aliphatic carboxylic acids is 1. The Morgan fingerprint density at radius 3 is 2.60 bits per heavy atom. The number of nitrogens with one attached hydrogen (secondary N) is 2. The fourth-order valence-corrected chi connectivity index (χ4v) is 3.57. The third-order valence-electron chi connectivity index (χ3n) is 3.44. The Kier molecular flexibility index (Phi) is 4.58. The number of rotatable bonds is 2. The molecular formula is C11H17N3O5S. The van der Waals surface area contributed by atoms with Gasteiger partial charge in [-0.1, -0.05) is 0 Å². The first-order chi connectivity index (χ1) is 9.47. The molecule has 2 heterocycles. The molecule has 3 amide bonds. The van der Waals surface area contributed by atoms with Crippen LogP contribution in [0.4, 0.5) is 4.79 Å². The molecule has 2 rings (SSSR count). The van der Waals surface area contributed by atoms with Gasteiger partial charge >= 0.3 is 12.0 Å². The lowest BCUT2D eigenvalue weighted by molar-refractivity contribution is -0.144. The number of amides is 3. The molecule has 0 radical (unpaired) electrons. The zero-order valence-corrected chi connectivity index (χ0v) is 11.6. The predicted octanol–water partition coefficient (Wildman–Crippen LogP) is -1.51. The summed E-state index contributed by atoms with van der Waals surface area (Å²) < 4.78 is 11.2. The highest BCUT2D eigenvalue weighted by atomic mass is 32.2. The minimum Gasteiger partial charge on any atom is -0.480 e. The van der Waals surface area contributed by atoms with E-state index in [2.05, 4.69) is 10.6 Å². The Balaban J connectivity index is 1.96. The molecule has 0 saturated carbocycles. The number of piperazine rings is 1. The first-order valence-corrected chi connectivity index (χ1v) is 7.88. The summed E-state index contributed by atoms with van der Waals surface area (Å²) in [5, 5.41) is 14.2. The molecule has 0 aromatic rings. The molecule has 2 aliphatic heterocycles. The number of carboxylic acid groups (broad SMARTS) is 1. The van der Waals surface area contributed by atoms with Crippen LogP contribution in [0.3, 0.4) is 0 Å². The number of nitrogens with zero attached hydrogens (tertiary/aromatic N) is 1. The minimum atomic E-state index is -1.15. The molecule has 3 N–H and O–H groups in total. The Labute approximate surface area is 118 Å². The van der Waals surface area contributed by atoms with Gasteiger partial charge in [-0.15, -0.1) is 0 Å². The van der Waals surface area contributed by atoms with Crippen LogP contribution in [0, 0.1) is 0 Å². The van der Waals surface area contributed by atoms with Crippen molar-refractivity contribution in [2.75, 3.05) is 24.6 Å². The number of hydrogen-bond donors (Lipinski definition) is 3. The van der Waals surface area contributed by atoms with Crippen molar-refractivity contribution >= 4 is 28.7 Å². The van der Waals surface area contributed by atoms with Crippen LogP contribution in [0.2, 0.25) is 0 Å². The zero-order valence-electron chi connectivity index (χ0n) is 10.8. The van der Waals surface area contributed by atoms with E-state index in [0.717, 1.165) is 4.90 Å². The van der Waals surface area contributed by atoms with Crippen molar-refractivity contribution in [3.05, 3.63) is 0 Å². The van der Waals surface area contributed by atoms with Crippen LogP contribution >= 0.6 is 0 Å². The first-order valence-electron chi connectivity index (χ1n) is 6.39. The number of carbonyl (C=O) groups is 3. The van der Waals surface area contributed by atoms with Crippen LogP contribution in [0.15, 0.2) is 0 Å². The fourth-order valence-electron chi connectivity index (χ4n) is 2.27. The summed E-state index contributed by atoms with van der Waals surface area (Å²) in [6, 6.07) is -1.71. The van der Waals surface area contributed by atoms with Crippen LogP contribution in [0.1, 0.15) is 12.8 Å². The van der Waals surface area contributed by atoms with Gasteiger partial charge < -0.3 is 15.7 Å². The zero-order chi connectivity index (χ0) is 14.7. The van der Waals surface area contributed by atoms with E-state index in [9.17, 15) is 18.6 Å². The van der Waals surface area contributed by atoms with E-state index in [-0.39, 0.29) is 25.0 Å². The molecule has 0 bridgehead atoms. The summed E-state index contributed by atoms with van der Waals surface area (Å²) in [7, 11) is -0.824. The average molecular weight is 303 g/mol. The van der Waals surface area contributed by atoms with Crippen molar-refractivity contribution in [3.63, 3.8) is 0 Å². The predicted molar refractivity (Wildman–Crippen MR) is 70.6 cm³/mol. The van der Waals surface area contributed by atoms with Gasteiger partial charge in [0, 0.05) is 34.9 Å². The van der Waals surface area contributed by atoms with Crippen molar-refractivity contribution in [3.8, 4) is 0 Å². The topological polar surface area (TPSA) is 116 Å². The van der Waals surface area contributed by atoms with Crippen LogP contribution in [0.5, 0.6) is 0 Å². The quantitative estimate of drug-likeness (QED) is 0.574. The monoisotopic (exact) mass is 303 g/mol. The molecule has 0 aromatic heterocycles. The van der Waals surface area contributed by atoms with Gasteiger partial charge in [-0.25, -0.2) is 9.59 Å². The molecule has 2 saturated heterocycles. The van der Waals surface area contributed by atoms with E-state index in [1.807, 2.05) is 0 Å². The van der Waals surface area contributed by atoms with Crippen molar-refractivity contribution in [2.24, 2.45) is 0 Å². The number of hydrogen-bond acceptors (Lipinski definition) is 4. The molecule has 1 atom stereocenters. The lowest BCUT2D eigenvalue weighted by Crippen LogP contribution is -2.62. The van der Waals surface area contributed by atoms with Crippen molar-refractivity contribution in [2.45, 2.75) is 24.9 Å². The van der Waals surface area contributed by atoms with Gasteiger partial charge in [0.1, 0.15) is 12.6 Å². The summed E-state index contributed by atoms with van der Waals surface area (Å²) in [5.41, 5.74) is 0. The average Bonchev–Trinajstić information content (AvgIpc) is 2.41. The van der Waals surface area contributed by atoms with Crippen molar-refractivity contribution < 1.29 is 23.7 Å². The van der Waals surface area contributed by atoms with E-state index in [0.29, 0.717) is 24.3 Å². The Morgan fingerprint density at radius 1 is 1.35 bits per heavy atom. The lowest BCUT2D eigenvalue weighted by atomic mass is 10.1. The van der Waals surface area contributed by atoms with E-state index < -0.39 is 28.8 Å². The van der Waals surface area contributed by atoms with Gasteiger partial charge in [0.25, 0.3) is 0 Å². The molecular weight excluding hydrogens is 286 g/mol. The normalized spacial score (nSPS) is 30.5. The second-order valence-electron chi connectivity index (χ2n) is 4.86. The van der Waals surface area contributed by atoms with E-state index in [1.54, 1.807) is 0 Å². The molecule has 9 heteroatoms. The van der Waals surface area contributed by atoms with Gasteiger partial charge in [-0.2, -0.15) is 0 Å². The highest BCUT2D eigenvalue weighted by Gasteiger charge is 2.36. The molecule has 2 fully saturated rings. The molecule has 8 nitrogen and oxygen atoms in total. The SMILES string of the molecule is O=C1CN(C(=O)NC2CCS(=O)CC2)C(C(=O)O)CN1. The number of carbonyl (C=O) groups excluding carboxylic acids is 2. The van der Waals surface area contributed by atoms with Crippen molar-refractivity contribution in [1.29, 1.82) is 0 Å². The fraction of sp³-hybridized carbons (Fsp3) is 0.727. The van der Waals surface area contributed by atoms with Gasteiger partial charge in [0.2, 0.25) is 5.91 Å². The summed E-state index contributed by atoms with van der Waals surface area (Å²) in [5.74, 6) is -0.450. The third-order valence-corrected chi connectivity index (χ3v) is 4.83. The maximum Gasteiger partial charge on any atom is 0.328 e. The Bertz CT molecular complexity index is 445. The summed E-state index contributed by atoms with van der Waals surface area (Å²) in [4.78, 5) is 35.6. The molecule has 2 aliphatic rings. The second-order valence-corrected chi connectivity index (χ2v) is 6.55. The summed E-state index contributed by atoms with van der Waals surface area (Å²) in [6.45, 7) is -0.349. The van der Waals surface area contributed by atoms with Crippen LogP contribution in [-0.4, -0.2) is 68.8 Å². The molecule has 1 unspecified atom stereocenters. The van der Waals surface area contributed by atoms with Gasteiger partial charge in [-0.05, 0) is 12.8 Å². The summed E-state index contributed by atoms with van der Waals surface area (Å²) >= 11 is 0. The Hall–Kier alpha value is -1.64. The Morgan fingerprint density at radius 2 is 2.00 bits per heavy atom. The first kappa shape index (κ1) is 14.8. The summed E-state index contributed by atoms with van der Waals surface area (Å²) in [6.07, 6.45) is 1.21. The molecule has 0 spiro atoms. The minimum absolute atomic E-state index is 0.0870.